The predicted octanol–water partition coefficient (Wildman–Crippen LogP) is 1.34. The topological polar surface area (TPSA) is 43.1 Å². The fourth-order valence-electron chi connectivity index (χ4n) is 1.73. The number of carbonyl (C=O) groups is 1. The molecule has 0 amide bonds. The van der Waals surface area contributed by atoms with Crippen LogP contribution in [0.5, 0.6) is 0 Å². The minimum atomic E-state index is 0.248. The summed E-state index contributed by atoms with van der Waals surface area (Å²) in [5.41, 5.74) is 5.85. The van der Waals surface area contributed by atoms with Crippen LogP contribution in [0.2, 0.25) is 0 Å². The SMILES string of the molecule is CC(=O)C1CCC(C)C(N)C1. The number of rotatable bonds is 1. The van der Waals surface area contributed by atoms with Crippen LogP contribution < -0.4 is 5.73 Å². The van der Waals surface area contributed by atoms with Crippen molar-refractivity contribution in [2.45, 2.75) is 39.2 Å². The van der Waals surface area contributed by atoms with Crippen molar-refractivity contribution in [2.24, 2.45) is 17.6 Å². The van der Waals surface area contributed by atoms with Gasteiger partial charge in [-0.05, 0) is 32.1 Å². The fourth-order valence-corrected chi connectivity index (χ4v) is 1.73. The summed E-state index contributed by atoms with van der Waals surface area (Å²) in [6.07, 6.45) is 3.06. The summed E-state index contributed by atoms with van der Waals surface area (Å²) in [4.78, 5) is 11.0. The zero-order chi connectivity index (χ0) is 8.43. The van der Waals surface area contributed by atoms with Crippen molar-refractivity contribution in [3.05, 3.63) is 0 Å². The lowest BCUT2D eigenvalue weighted by Gasteiger charge is -2.30. The van der Waals surface area contributed by atoms with Crippen LogP contribution in [0.4, 0.5) is 0 Å². The Morgan fingerprint density at radius 3 is 2.55 bits per heavy atom. The van der Waals surface area contributed by atoms with E-state index in [-0.39, 0.29) is 12.0 Å². The molecular formula is C9H17NO. The van der Waals surface area contributed by atoms with E-state index in [1.54, 1.807) is 6.92 Å². The van der Waals surface area contributed by atoms with E-state index in [1.165, 1.54) is 0 Å². The van der Waals surface area contributed by atoms with Crippen molar-refractivity contribution in [3.63, 3.8) is 0 Å². The number of carbonyl (C=O) groups excluding carboxylic acids is 1. The zero-order valence-electron chi connectivity index (χ0n) is 7.34. The molecule has 1 rings (SSSR count). The number of ketones is 1. The molecule has 11 heavy (non-hydrogen) atoms. The van der Waals surface area contributed by atoms with Crippen molar-refractivity contribution < 1.29 is 4.79 Å². The van der Waals surface area contributed by atoms with Gasteiger partial charge in [-0.25, -0.2) is 0 Å². The second-order valence-electron chi connectivity index (χ2n) is 3.76. The molecule has 0 aromatic carbocycles. The van der Waals surface area contributed by atoms with Gasteiger partial charge in [0.1, 0.15) is 5.78 Å². The van der Waals surface area contributed by atoms with E-state index in [9.17, 15) is 4.79 Å². The lowest BCUT2D eigenvalue weighted by molar-refractivity contribution is -0.122. The lowest BCUT2D eigenvalue weighted by atomic mass is 9.78. The van der Waals surface area contributed by atoms with Crippen molar-refractivity contribution in [1.82, 2.24) is 0 Å². The third kappa shape index (κ3) is 2.03. The van der Waals surface area contributed by atoms with Gasteiger partial charge in [-0.3, -0.25) is 4.79 Å². The van der Waals surface area contributed by atoms with Crippen molar-refractivity contribution in [3.8, 4) is 0 Å². The Morgan fingerprint density at radius 2 is 2.09 bits per heavy atom. The molecule has 0 bridgehead atoms. The first kappa shape index (κ1) is 8.72. The number of nitrogens with two attached hydrogens (primary N) is 1. The van der Waals surface area contributed by atoms with E-state index in [2.05, 4.69) is 6.92 Å². The van der Waals surface area contributed by atoms with E-state index < -0.39 is 0 Å². The largest absolute Gasteiger partial charge is 0.327 e. The van der Waals surface area contributed by atoms with Crippen LogP contribution >= 0.6 is 0 Å². The van der Waals surface area contributed by atoms with Crippen molar-refractivity contribution in [2.75, 3.05) is 0 Å². The normalized spacial score (nSPS) is 38.6. The first-order valence-electron chi connectivity index (χ1n) is 4.37. The molecule has 1 saturated carbocycles. The summed E-state index contributed by atoms with van der Waals surface area (Å²) in [5.74, 6) is 1.17. The first-order chi connectivity index (χ1) is 5.11. The highest BCUT2D eigenvalue weighted by atomic mass is 16.1. The predicted molar refractivity (Wildman–Crippen MR) is 45.2 cm³/mol. The van der Waals surface area contributed by atoms with Crippen LogP contribution in [0.15, 0.2) is 0 Å². The molecule has 1 fully saturated rings. The van der Waals surface area contributed by atoms with Gasteiger partial charge in [0.25, 0.3) is 0 Å². The maximum atomic E-state index is 11.0. The van der Waals surface area contributed by atoms with Gasteiger partial charge in [0, 0.05) is 12.0 Å². The Bertz CT molecular complexity index is 156. The van der Waals surface area contributed by atoms with Crippen LogP contribution in [-0.4, -0.2) is 11.8 Å². The molecule has 0 aliphatic heterocycles. The van der Waals surface area contributed by atoms with Crippen molar-refractivity contribution in [1.29, 1.82) is 0 Å². The Balaban J connectivity index is 2.46. The van der Waals surface area contributed by atoms with Crippen LogP contribution in [0.3, 0.4) is 0 Å². The second kappa shape index (κ2) is 3.35. The Hall–Kier alpha value is -0.370. The average molecular weight is 155 g/mol. The molecule has 0 spiro atoms. The van der Waals surface area contributed by atoms with E-state index in [0.717, 1.165) is 19.3 Å². The molecule has 0 heterocycles. The molecule has 3 atom stereocenters. The highest BCUT2D eigenvalue weighted by molar-refractivity contribution is 5.78. The number of hydrogen-bond acceptors (Lipinski definition) is 2. The van der Waals surface area contributed by atoms with Crippen LogP contribution in [0.25, 0.3) is 0 Å². The summed E-state index contributed by atoms with van der Waals surface area (Å²) in [6, 6.07) is 0.248. The molecular weight excluding hydrogens is 138 g/mol. The van der Waals surface area contributed by atoms with Crippen molar-refractivity contribution >= 4 is 5.78 Å². The Kier molecular flexibility index (Phi) is 2.66. The minimum absolute atomic E-state index is 0.248. The highest BCUT2D eigenvalue weighted by Gasteiger charge is 2.27. The third-order valence-corrected chi connectivity index (χ3v) is 2.83. The van der Waals surface area contributed by atoms with Gasteiger partial charge in [0.05, 0.1) is 0 Å². The molecule has 2 nitrogen and oxygen atoms in total. The minimum Gasteiger partial charge on any atom is -0.327 e. The molecule has 64 valence electrons. The van der Waals surface area contributed by atoms with Gasteiger partial charge in [-0.15, -0.1) is 0 Å². The maximum absolute atomic E-state index is 11.0. The fraction of sp³-hybridized carbons (Fsp3) is 0.889. The monoisotopic (exact) mass is 155 g/mol. The molecule has 3 unspecified atom stereocenters. The highest BCUT2D eigenvalue weighted by Crippen LogP contribution is 2.27. The summed E-state index contributed by atoms with van der Waals surface area (Å²) >= 11 is 0. The maximum Gasteiger partial charge on any atom is 0.132 e. The van der Waals surface area contributed by atoms with E-state index in [1.807, 2.05) is 0 Å². The van der Waals surface area contributed by atoms with Gasteiger partial charge in [-0.2, -0.15) is 0 Å². The molecule has 0 radical (unpaired) electrons. The zero-order valence-corrected chi connectivity index (χ0v) is 7.34. The lowest BCUT2D eigenvalue weighted by Crippen LogP contribution is -2.36. The van der Waals surface area contributed by atoms with Crippen LogP contribution in [-0.2, 0) is 4.79 Å². The van der Waals surface area contributed by atoms with Gasteiger partial charge in [0.2, 0.25) is 0 Å². The molecule has 2 N–H and O–H groups in total. The summed E-state index contributed by atoms with van der Waals surface area (Å²) in [5, 5.41) is 0. The molecule has 0 aromatic heterocycles. The van der Waals surface area contributed by atoms with Crippen LogP contribution in [0.1, 0.15) is 33.1 Å². The molecule has 0 aromatic rings. The smallest absolute Gasteiger partial charge is 0.132 e. The number of hydrogen-bond donors (Lipinski definition) is 1. The molecule has 1 aliphatic rings. The molecule has 0 saturated heterocycles. The van der Waals surface area contributed by atoms with Gasteiger partial charge in [-0.1, -0.05) is 6.92 Å². The van der Waals surface area contributed by atoms with Gasteiger partial charge < -0.3 is 5.73 Å². The Labute approximate surface area is 68.2 Å². The standard InChI is InChI=1S/C9H17NO/c1-6-3-4-8(7(2)11)5-9(6)10/h6,8-9H,3-5,10H2,1-2H3. The van der Waals surface area contributed by atoms with E-state index >= 15 is 0 Å². The quantitative estimate of drug-likeness (QED) is 0.621. The molecule has 2 heteroatoms. The van der Waals surface area contributed by atoms with E-state index in [0.29, 0.717) is 11.7 Å². The average Bonchev–Trinajstić information content (AvgIpc) is 1.94. The van der Waals surface area contributed by atoms with Gasteiger partial charge >= 0.3 is 0 Å². The first-order valence-corrected chi connectivity index (χ1v) is 4.37. The van der Waals surface area contributed by atoms with Gasteiger partial charge in [0.15, 0.2) is 0 Å². The van der Waals surface area contributed by atoms with E-state index in [4.69, 9.17) is 5.73 Å². The molecule has 1 aliphatic carbocycles. The summed E-state index contributed by atoms with van der Waals surface area (Å²) in [6.45, 7) is 3.84. The third-order valence-electron chi connectivity index (χ3n) is 2.83. The summed E-state index contributed by atoms with van der Waals surface area (Å²) in [7, 11) is 0. The second-order valence-corrected chi connectivity index (χ2v) is 3.76. The number of Topliss-reactive ketones (excluding diaryl/α,β-unsaturated/α-hetero) is 1. The Morgan fingerprint density at radius 1 is 1.45 bits per heavy atom. The summed E-state index contributed by atoms with van der Waals surface area (Å²) < 4.78 is 0. The van der Waals surface area contributed by atoms with Crippen LogP contribution in [0, 0.1) is 11.8 Å².